The van der Waals surface area contributed by atoms with Crippen molar-refractivity contribution < 1.29 is 0 Å². The molecule has 6 nitrogen and oxygen atoms in total. The number of anilines is 2. The SMILES string of the molecule is Nc1cccnc1CSCCNc1ncc(CCc2ccccc2)c(=O)[nH]1. The van der Waals surface area contributed by atoms with Crippen LogP contribution in [0.1, 0.15) is 16.8 Å². The largest absolute Gasteiger partial charge is 0.397 e. The highest BCUT2D eigenvalue weighted by molar-refractivity contribution is 7.98. The van der Waals surface area contributed by atoms with Crippen molar-refractivity contribution in [2.24, 2.45) is 0 Å². The molecule has 7 heteroatoms. The van der Waals surface area contributed by atoms with Crippen LogP contribution in [0.25, 0.3) is 0 Å². The van der Waals surface area contributed by atoms with Crippen LogP contribution in [0.4, 0.5) is 11.6 Å². The molecule has 0 aliphatic heterocycles. The third-order valence-electron chi connectivity index (χ3n) is 4.10. The molecule has 0 saturated carbocycles. The van der Waals surface area contributed by atoms with E-state index in [0.717, 1.165) is 29.3 Å². The number of thioether (sulfide) groups is 1. The molecule has 0 radical (unpaired) electrons. The number of nitrogens with zero attached hydrogens (tertiary/aromatic N) is 2. The second kappa shape index (κ2) is 9.78. The topological polar surface area (TPSA) is 96.7 Å². The van der Waals surface area contributed by atoms with Crippen molar-refractivity contribution in [1.82, 2.24) is 15.0 Å². The van der Waals surface area contributed by atoms with E-state index < -0.39 is 0 Å². The molecular weight excluding hydrogens is 358 g/mol. The molecule has 0 unspecified atom stereocenters. The first-order valence-electron chi connectivity index (χ1n) is 8.85. The van der Waals surface area contributed by atoms with Crippen molar-refractivity contribution in [1.29, 1.82) is 0 Å². The van der Waals surface area contributed by atoms with Crippen LogP contribution in [-0.2, 0) is 18.6 Å². The number of hydrogen-bond donors (Lipinski definition) is 3. The number of pyridine rings is 1. The Bertz CT molecular complexity index is 914. The second-order valence-electron chi connectivity index (χ2n) is 6.09. The average Bonchev–Trinajstić information content (AvgIpc) is 2.69. The zero-order valence-corrected chi connectivity index (χ0v) is 15.8. The first-order chi connectivity index (χ1) is 13.2. The van der Waals surface area contributed by atoms with E-state index >= 15 is 0 Å². The Morgan fingerprint density at radius 2 is 1.93 bits per heavy atom. The Morgan fingerprint density at radius 1 is 1.07 bits per heavy atom. The van der Waals surface area contributed by atoms with Crippen molar-refractivity contribution in [3.8, 4) is 0 Å². The van der Waals surface area contributed by atoms with Gasteiger partial charge in [0.1, 0.15) is 0 Å². The van der Waals surface area contributed by atoms with Crippen LogP contribution in [0.15, 0.2) is 59.7 Å². The summed E-state index contributed by atoms with van der Waals surface area (Å²) in [6.07, 6.45) is 4.91. The molecule has 1 aromatic carbocycles. The molecule has 3 rings (SSSR count). The van der Waals surface area contributed by atoms with Crippen LogP contribution in [0.2, 0.25) is 0 Å². The summed E-state index contributed by atoms with van der Waals surface area (Å²) in [6, 6.07) is 13.8. The summed E-state index contributed by atoms with van der Waals surface area (Å²) in [5.41, 5.74) is 9.32. The van der Waals surface area contributed by atoms with Crippen molar-refractivity contribution >= 4 is 23.4 Å². The molecule has 0 spiro atoms. The lowest BCUT2D eigenvalue weighted by molar-refractivity contribution is 0.911. The highest BCUT2D eigenvalue weighted by atomic mass is 32.2. The molecule has 0 aliphatic carbocycles. The predicted octanol–water partition coefficient (Wildman–Crippen LogP) is 2.88. The van der Waals surface area contributed by atoms with Gasteiger partial charge in [0, 0.05) is 36.0 Å². The number of aromatic amines is 1. The number of rotatable bonds is 9. The lowest BCUT2D eigenvalue weighted by Crippen LogP contribution is -2.18. The molecule has 0 atom stereocenters. The summed E-state index contributed by atoms with van der Waals surface area (Å²) in [5.74, 6) is 2.12. The number of nitrogen functional groups attached to an aromatic ring is 1. The smallest absolute Gasteiger partial charge is 0.255 e. The Kier molecular flexibility index (Phi) is 6.87. The van der Waals surface area contributed by atoms with Gasteiger partial charge in [-0.05, 0) is 30.5 Å². The summed E-state index contributed by atoms with van der Waals surface area (Å²) >= 11 is 1.73. The third kappa shape index (κ3) is 5.86. The van der Waals surface area contributed by atoms with Gasteiger partial charge in [-0.3, -0.25) is 14.8 Å². The minimum atomic E-state index is -0.0858. The number of aromatic nitrogens is 3. The van der Waals surface area contributed by atoms with Gasteiger partial charge in [-0.1, -0.05) is 30.3 Å². The monoisotopic (exact) mass is 381 g/mol. The van der Waals surface area contributed by atoms with Crippen LogP contribution < -0.4 is 16.6 Å². The first kappa shape index (κ1) is 19.0. The van der Waals surface area contributed by atoms with Gasteiger partial charge >= 0.3 is 0 Å². The molecule has 4 N–H and O–H groups in total. The number of nitrogens with one attached hydrogen (secondary N) is 2. The summed E-state index contributed by atoms with van der Waals surface area (Å²) in [4.78, 5) is 23.6. The Balaban J connectivity index is 1.42. The molecule has 0 saturated heterocycles. The summed E-state index contributed by atoms with van der Waals surface area (Å²) in [6.45, 7) is 0.698. The quantitative estimate of drug-likeness (QED) is 0.493. The second-order valence-corrected chi connectivity index (χ2v) is 7.20. The maximum absolute atomic E-state index is 12.2. The minimum absolute atomic E-state index is 0.0858. The summed E-state index contributed by atoms with van der Waals surface area (Å²) in [7, 11) is 0. The van der Waals surface area contributed by atoms with E-state index in [2.05, 4.69) is 32.4 Å². The molecule has 140 valence electrons. The van der Waals surface area contributed by atoms with Crippen LogP contribution in [0.5, 0.6) is 0 Å². The van der Waals surface area contributed by atoms with E-state index in [9.17, 15) is 4.79 Å². The number of hydrogen-bond acceptors (Lipinski definition) is 6. The third-order valence-corrected chi connectivity index (χ3v) is 5.07. The molecule has 27 heavy (non-hydrogen) atoms. The molecule has 0 bridgehead atoms. The van der Waals surface area contributed by atoms with Crippen molar-refractivity contribution in [3.63, 3.8) is 0 Å². The van der Waals surface area contributed by atoms with E-state index in [1.165, 1.54) is 5.56 Å². The number of benzene rings is 1. The van der Waals surface area contributed by atoms with Gasteiger partial charge in [0.05, 0.1) is 11.4 Å². The first-order valence-corrected chi connectivity index (χ1v) is 10.0. The average molecular weight is 382 g/mol. The van der Waals surface area contributed by atoms with Crippen LogP contribution in [-0.4, -0.2) is 27.2 Å². The Labute approximate surface area is 162 Å². The molecule has 0 amide bonds. The highest BCUT2D eigenvalue weighted by Crippen LogP contribution is 2.15. The molecule has 2 aromatic heterocycles. The molecular formula is C20H23N5OS. The van der Waals surface area contributed by atoms with E-state index in [1.54, 1.807) is 24.2 Å². The molecule has 2 heterocycles. The predicted molar refractivity (Wildman–Crippen MR) is 112 cm³/mol. The van der Waals surface area contributed by atoms with Crippen molar-refractivity contribution in [2.75, 3.05) is 23.3 Å². The zero-order valence-electron chi connectivity index (χ0n) is 15.0. The van der Waals surface area contributed by atoms with Gasteiger partial charge in [-0.15, -0.1) is 0 Å². The van der Waals surface area contributed by atoms with Gasteiger partial charge in [0.2, 0.25) is 5.95 Å². The number of nitrogens with two attached hydrogens (primary N) is 1. The zero-order chi connectivity index (χ0) is 18.9. The van der Waals surface area contributed by atoms with E-state index in [1.807, 2.05) is 30.3 Å². The maximum atomic E-state index is 12.2. The minimum Gasteiger partial charge on any atom is -0.397 e. The van der Waals surface area contributed by atoms with E-state index in [-0.39, 0.29) is 5.56 Å². The fraction of sp³-hybridized carbons (Fsp3) is 0.250. The summed E-state index contributed by atoms with van der Waals surface area (Å²) < 4.78 is 0. The normalized spacial score (nSPS) is 10.7. The van der Waals surface area contributed by atoms with Crippen LogP contribution in [0, 0.1) is 0 Å². The van der Waals surface area contributed by atoms with Crippen molar-refractivity contribution in [2.45, 2.75) is 18.6 Å². The highest BCUT2D eigenvalue weighted by Gasteiger charge is 2.04. The van der Waals surface area contributed by atoms with E-state index in [0.29, 0.717) is 24.5 Å². The maximum Gasteiger partial charge on any atom is 0.255 e. The lowest BCUT2D eigenvalue weighted by atomic mass is 10.1. The number of aryl methyl sites for hydroxylation is 2. The standard InChI is InChI=1S/C20H23N5OS/c21-17-7-4-10-22-18(17)14-27-12-11-23-20-24-13-16(19(26)25-20)9-8-15-5-2-1-3-6-15/h1-7,10,13H,8-9,11-12,14,21H2,(H2,23,24,25,26). The molecule has 0 aliphatic rings. The van der Waals surface area contributed by atoms with Crippen molar-refractivity contribution in [3.05, 3.63) is 82.0 Å². The van der Waals surface area contributed by atoms with E-state index in [4.69, 9.17) is 5.73 Å². The summed E-state index contributed by atoms with van der Waals surface area (Å²) in [5, 5.41) is 3.15. The Morgan fingerprint density at radius 3 is 2.70 bits per heavy atom. The molecule has 0 fully saturated rings. The molecule has 3 aromatic rings. The van der Waals surface area contributed by atoms with Gasteiger partial charge in [0.15, 0.2) is 0 Å². The van der Waals surface area contributed by atoms with Crippen LogP contribution >= 0.6 is 11.8 Å². The van der Waals surface area contributed by atoms with Gasteiger partial charge in [-0.2, -0.15) is 11.8 Å². The van der Waals surface area contributed by atoms with Gasteiger partial charge < -0.3 is 11.1 Å². The lowest BCUT2D eigenvalue weighted by Gasteiger charge is -2.07. The number of H-pyrrole nitrogens is 1. The van der Waals surface area contributed by atoms with Gasteiger partial charge in [-0.25, -0.2) is 4.98 Å². The Hall–Kier alpha value is -2.80. The van der Waals surface area contributed by atoms with Crippen LogP contribution in [0.3, 0.4) is 0 Å². The fourth-order valence-electron chi connectivity index (χ4n) is 2.59. The fourth-order valence-corrected chi connectivity index (χ4v) is 3.42. The van der Waals surface area contributed by atoms with Gasteiger partial charge in [0.25, 0.3) is 5.56 Å².